The summed E-state index contributed by atoms with van der Waals surface area (Å²) in [5.74, 6) is 0.839. The van der Waals surface area contributed by atoms with Crippen LogP contribution in [0.1, 0.15) is 38.3 Å². The van der Waals surface area contributed by atoms with Crippen molar-refractivity contribution in [3.05, 3.63) is 54.1 Å². The van der Waals surface area contributed by atoms with Crippen molar-refractivity contribution in [1.82, 2.24) is 5.32 Å². The van der Waals surface area contributed by atoms with Crippen LogP contribution >= 0.6 is 12.2 Å². The molecule has 1 heterocycles. The van der Waals surface area contributed by atoms with Crippen LogP contribution in [0.4, 0.5) is 11.4 Å². The van der Waals surface area contributed by atoms with E-state index in [1.807, 2.05) is 31.2 Å². The lowest BCUT2D eigenvalue weighted by Crippen LogP contribution is -2.30. The summed E-state index contributed by atoms with van der Waals surface area (Å²) >= 11 is 5.46. The van der Waals surface area contributed by atoms with Gasteiger partial charge in [0.15, 0.2) is 5.11 Å². The number of nitrogens with zero attached hydrogens (tertiary/aromatic N) is 1. The van der Waals surface area contributed by atoms with Gasteiger partial charge in [0.1, 0.15) is 5.75 Å². The Bertz CT molecular complexity index is 726. The lowest BCUT2D eigenvalue weighted by Gasteiger charge is -2.20. The van der Waals surface area contributed by atoms with Crippen LogP contribution < -0.4 is 20.3 Å². The molecule has 1 aliphatic heterocycles. The number of hydrogen-bond donors (Lipinski definition) is 2. The van der Waals surface area contributed by atoms with Crippen LogP contribution in [0.25, 0.3) is 0 Å². The number of nitrogens with one attached hydrogen (secondary N) is 2. The first-order valence-electron chi connectivity index (χ1n) is 9.31. The minimum absolute atomic E-state index is 0.137. The summed E-state index contributed by atoms with van der Waals surface area (Å²) < 4.78 is 5.52. The van der Waals surface area contributed by atoms with E-state index in [1.165, 1.54) is 37.2 Å². The normalized spacial score (nSPS) is 14.8. The maximum atomic E-state index is 5.52. The molecule has 2 aromatic carbocycles. The minimum Gasteiger partial charge on any atom is -0.494 e. The number of benzene rings is 2. The van der Waals surface area contributed by atoms with Gasteiger partial charge in [-0.05, 0) is 68.7 Å². The molecule has 0 bridgehead atoms. The van der Waals surface area contributed by atoms with Crippen LogP contribution in [-0.2, 0) is 0 Å². The Balaban J connectivity index is 1.56. The Morgan fingerprint density at radius 3 is 2.58 bits per heavy atom. The summed E-state index contributed by atoms with van der Waals surface area (Å²) in [6, 6.07) is 16.7. The minimum atomic E-state index is 0.137. The van der Waals surface area contributed by atoms with Crippen molar-refractivity contribution in [3.8, 4) is 5.75 Å². The molecule has 26 heavy (non-hydrogen) atoms. The highest BCUT2D eigenvalue weighted by Gasteiger charge is 2.13. The summed E-state index contributed by atoms with van der Waals surface area (Å²) in [6.07, 6.45) is 2.59. The predicted octanol–water partition coefficient (Wildman–Crippen LogP) is 4.73. The molecule has 0 spiro atoms. The van der Waals surface area contributed by atoms with E-state index in [2.05, 4.69) is 46.7 Å². The van der Waals surface area contributed by atoms with Gasteiger partial charge in [-0.25, -0.2) is 0 Å². The molecule has 0 aromatic heterocycles. The lowest BCUT2D eigenvalue weighted by atomic mass is 10.1. The molecule has 0 unspecified atom stereocenters. The number of ether oxygens (including phenoxy) is 1. The van der Waals surface area contributed by atoms with E-state index < -0.39 is 0 Å². The highest BCUT2D eigenvalue weighted by atomic mass is 32.1. The van der Waals surface area contributed by atoms with E-state index in [1.54, 1.807) is 0 Å². The fourth-order valence-electron chi connectivity index (χ4n) is 3.23. The molecule has 0 radical (unpaired) electrons. The van der Waals surface area contributed by atoms with Crippen LogP contribution in [0.3, 0.4) is 0 Å². The Morgan fingerprint density at radius 1 is 1.15 bits per heavy atom. The molecule has 0 saturated carbocycles. The van der Waals surface area contributed by atoms with E-state index in [4.69, 9.17) is 17.0 Å². The largest absolute Gasteiger partial charge is 0.494 e. The summed E-state index contributed by atoms with van der Waals surface area (Å²) in [5, 5.41) is 7.19. The maximum absolute atomic E-state index is 5.52. The molecule has 1 atom stereocenters. The van der Waals surface area contributed by atoms with Crippen molar-refractivity contribution >= 4 is 28.7 Å². The Labute approximate surface area is 161 Å². The van der Waals surface area contributed by atoms with Crippen molar-refractivity contribution < 1.29 is 4.74 Å². The molecule has 2 aromatic rings. The first-order valence-corrected chi connectivity index (χ1v) is 9.72. The van der Waals surface area contributed by atoms with E-state index in [-0.39, 0.29) is 6.04 Å². The highest BCUT2D eigenvalue weighted by Crippen LogP contribution is 2.23. The van der Waals surface area contributed by atoms with Gasteiger partial charge in [-0.2, -0.15) is 0 Å². The third-order valence-corrected chi connectivity index (χ3v) is 4.83. The molecule has 4 nitrogen and oxygen atoms in total. The molecule has 0 amide bonds. The zero-order chi connectivity index (χ0) is 18.4. The van der Waals surface area contributed by atoms with E-state index in [9.17, 15) is 0 Å². The molecule has 1 saturated heterocycles. The molecular weight excluding hydrogens is 342 g/mol. The van der Waals surface area contributed by atoms with Gasteiger partial charge in [0.2, 0.25) is 0 Å². The SMILES string of the molecule is CCOc1cccc(NC(=S)N[C@@H](C)c2ccc(N3CCCC3)cc2)c1. The monoisotopic (exact) mass is 369 g/mol. The van der Waals surface area contributed by atoms with Crippen LogP contribution in [0.2, 0.25) is 0 Å². The molecule has 3 rings (SSSR count). The van der Waals surface area contributed by atoms with Crippen LogP contribution in [0.5, 0.6) is 5.75 Å². The Kier molecular flexibility index (Phi) is 6.34. The molecule has 5 heteroatoms. The van der Waals surface area contributed by atoms with Crippen molar-refractivity contribution in [2.45, 2.75) is 32.7 Å². The summed E-state index contributed by atoms with van der Waals surface area (Å²) in [5.41, 5.74) is 3.46. The van der Waals surface area contributed by atoms with Crippen LogP contribution in [0, 0.1) is 0 Å². The zero-order valence-corrected chi connectivity index (χ0v) is 16.3. The second-order valence-corrected chi connectivity index (χ2v) is 6.97. The molecule has 0 aliphatic carbocycles. The zero-order valence-electron chi connectivity index (χ0n) is 15.5. The second-order valence-electron chi connectivity index (χ2n) is 6.57. The van der Waals surface area contributed by atoms with Gasteiger partial charge in [-0.15, -0.1) is 0 Å². The highest BCUT2D eigenvalue weighted by molar-refractivity contribution is 7.80. The molecule has 2 N–H and O–H groups in total. The first-order chi connectivity index (χ1) is 12.7. The maximum Gasteiger partial charge on any atom is 0.171 e. The average Bonchev–Trinajstić information content (AvgIpc) is 3.17. The molecular formula is C21H27N3OS. The van der Waals surface area contributed by atoms with Gasteiger partial charge in [0, 0.05) is 30.5 Å². The quantitative estimate of drug-likeness (QED) is 0.720. The Hall–Kier alpha value is -2.27. The van der Waals surface area contributed by atoms with Gasteiger partial charge in [-0.3, -0.25) is 0 Å². The van der Waals surface area contributed by atoms with Crippen LogP contribution in [-0.4, -0.2) is 24.8 Å². The van der Waals surface area contributed by atoms with Crippen molar-refractivity contribution in [3.63, 3.8) is 0 Å². The third-order valence-electron chi connectivity index (χ3n) is 4.61. The van der Waals surface area contributed by atoms with Gasteiger partial charge >= 0.3 is 0 Å². The number of rotatable bonds is 6. The summed E-state index contributed by atoms with van der Waals surface area (Å²) in [6.45, 7) is 7.08. The summed E-state index contributed by atoms with van der Waals surface area (Å²) in [7, 11) is 0. The van der Waals surface area contributed by atoms with Crippen LogP contribution in [0.15, 0.2) is 48.5 Å². The number of thiocarbonyl (C=S) groups is 1. The van der Waals surface area contributed by atoms with Crippen molar-refractivity contribution in [2.24, 2.45) is 0 Å². The smallest absolute Gasteiger partial charge is 0.171 e. The Morgan fingerprint density at radius 2 is 1.88 bits per heavy atom. The van der Waals surface area contributed by atoms with Gasteiger partial charge in [-0.1, -0.05) is 18.2 Å². The lowest BCUT2D eigenvalue weighted by molar-refractivity contribution is 0.340. The van der Waals surface area contributed by atoms with Gasteiger partial charge in [0.25, 0.3) is 0 Å². The van der Waals surface area contributed by atoms with E-state index in [0.29, 0.717) is 11.7 Å². The van der Waals surface area contributed by atoms with E-state index in [0.717, 1.165) is 11.4 Å². The average molecular weight is 370 g/mol. The molecule has 1 fully saturated rings. The first kappa shape index (κ1) is 18.5. The fourth-order valence-corrected chi connectivity index (χ4v) is 3.52. The standard InChI is InChI=1S/C21H27N3OS/c1-3-25-20-8-6-7-18(15-20)23-21(26)22-16(2)17-9-11-19(12-10-17)24-13-4-5-14-24/h6-12,15-16H,3-5,13-14H2,1-2H3,(H2,22,23,26)/t16-/m0/s1. The molecule has 1 aliphatic rings. The fraction of sp³-hybridized carbons (Fsp3) is 0.381. The van der Waals surface area contributed by atoms with E-state index >= 15 is 0 Å². The number of anilines is 2. The second kappa shape index (κ2) is 8.90. The van der Waals surface area contributed by atoms with Crippen molar-refractivity contribution in [1.29, 1.82) is 0 Å². The van der Waals surface area contributed by atoms with Gasteiger partial charge < -0.3 is 20.3 Å². The number of hydrogen-bond acceptors (Lipinski definition) is 3. The van der Waals surface area contributed by atoms with Crippen molar-refractivity contribution in [2.75, 3.05) is 29.9 Å². The molecule has 138 valence electrons. The topological polar surface area (TPSA) is 36.5 Å². The predicted molar refractivity (Wildman–Crippen MR) is 113 cm³/mol. The third kappa shape index (κ3) is 4.88. The van der Waals surface area contributed by atoms with Gasteiger partial charge in [0.05, 0.1) is 12.6 Å². The summed E-state index contributed by atoms with van der Waals surface area (Å²) in [4.78, 5) is 2.44.